The van der Waals surface area contributed by atoms with E-state index in [1.54, 1.807) is 12.4 Å². The predicted molar refractivity (Wildman–Crippen MR) is 105 cm³/mol. The number of thiophene rings is 1. The molecular weight excluding hydrogens is 403 g/mol. The van der Waals surface area contributed by atoms with Crippen LogP contribution in [-0.2, 0) is 0 Å². The maximum Gasteiger partial charge on any atom is 0.171 e. The number of pyridine rings is 1. The molecule has 3 heterocycles. The van der Waals surface area contributed by atoms with Crippen molar-refractivity contribution >= 4 is 22.9 Å². The van der Waals surface area contributed by atoms with Crippen LogP contribution in [0, 0.1) is 5.82 Å². The summed E-state index contributed by atoms with van der Waals surface area (Å²) in [6.45, 7) is 0. The molecule has 0 saturated carbocycles. The Morgan fingerprint density at radius 1 is 1.21 bits per heavy atom. The van der Waals surface area contributed by atoms with Crippen LogP contribution in [0.1, 0.15) is 17.2 Å². The lowest BCUT2D eigenvalue weighted by Crippen LogP contribution is -2.04. The van der Waals surface area contributed by atoms with Gasteiger partial charge in [0.2, 0.25) is 0 Å². The Balaban J connectivity index is 1.86. The van der Waals surface area contributed by atoms with E-state index in [0.29, 0.717) is 16.3 Å². The second-order valence-electron chi connectivity index (χ2n) is 5.88. The molecule has 1 atom stereocenters. The smallest absolute Gasteiger partial charge is 0.171 e. The minimum absolute atomic E-state index is 0.0566. The van der Waals surface area contributed by atoms with Crippen molar-refractivity contribution in [2.75, 3.05) is 7.11 Å². The van der Waals surface area contributed by atoms with E-state index in [1.165, 1.54) is 30.8 Å². The van der Waals surface area contributed by atoms with Gasteiger partial charge in [-0.15, -0.1) is 21.5 Å². The van der Waals surface area contributed by atoms with Crippen molar-refractivity contribution < 1.29 is 14.2 Å². The zero-order chi connectivity index (χ0) is 19.7. The van der Waals surface area contributed by atoms with E-state index in [0.717, 1.165) is 16.5 Å². The van der Waals surface area contributed by atoms with Crippen LogP contribution in [0.5, 0.6) is 5.75 Å². The molecule has 0 saturated heterocycles. The minimum Gasteiger partial charge on any atom is -0.495 e. The molecule has 0 spiro atoms. The Hall–Kier alpha value is -2.81. The quantitative estimate of drug-likeness (QED) is 0.501. The third-order valence-electron chi connectivity index (χ3n) is 4.22. The number of aromatic amines is 1. The van der Waals surface area contributed by atoms with Gasteiger partial charge in [0, 0.05) is 28.4 Å². The number of H-pyrrole nitrogens is 1. The summed E-state index contributed by atoms with van der Waals surface area (Å²) in [5.74, 6) is 0.141. The van der Waals surface area contributed by atoms with Gasteiger partial charge in [0.1, 0.15) is 24.0 Å². The Labute approximate surface area is 168 Å². The molecule has 2 N–H and O–H groups in total. The van der Waals surface area contributed by atoms with Crippen LogP contribution in [0.2, 0.25) is 5.02 Å². The van der Waals surface area contributed by atoms with Crippen molar-refractivity contribution in [1.82, 2.24) is 20.2 Å². The summed E-state index contributed by atoms with van der Waals surface area (Å²) in [5, 5.41) is 19.0. The molecule has 0 aliphatic rings. The maximum atomic E-state index is 14.6. The van der Waals surface area contributed by atoms with Crippen LogP contribution in [0.3, 0.4) is 0 Å². The highest BCUT2D eigenvalue weighted by molar-refractivity contribution is 7.19. The van der Waals surface area contributed by atoms with Crippen LogP contribution >= 0.6 is 22.9 Å². The van der Waals surface area contributed by atoms with Crippen LogP contribution in [0.15, 0.2) is 49.1 Å². The number of aromatic nitrogens is 4. The topological polar surface area (TPSA) is 83.9 Å². The molecule has 6 nitrogen and oxygen atoms in total. The Morgan fingerprint density at radius 2 is 2.00 bits per heavy atom. The zero-order valence-corrected chi connectivity index (χ0v) is 16.1. The van der Waals surface area contributed by atoms with E-state index in [2.05, 4.69) is 20.2 Å². The average molecular weight is 417 g/mol. The largest absolute Gasteiger partial charge is 0.495 e. The number of aliphatic hydroxyl groups excluding tert-OH is 1. The van der Waals surface area contributed by atoms with Crippen molar-refractivity contribution in [1.29, 1.82) is 0 Å². The number of nitrogens with one attached hydrogen (secondary N) is 1. The van der Waals surface area contributed by atoms with Crippen molar-refractivity contribution in [3.63, 3.8) is 0 Å². The van der Waals surface area contributed by atoms with Gasteiger partial charge in [-0.1, -0.05) is 11.6 Å². The number of hydrogen-bond acceptors (Lipinski definition) is 6. The first kappa shape index (κ1) is 18.5. The number of benzene rings is 1. The normalized spacial score (nSPS) is 12.1. The molecule has 0 aliphatic carbocycles. The van der Waals surface area contributed by atoms with Crippen molar-refractivity contribution in [2.45, 2.75) is 6.10 Å². The molecule has 28 heavy (non-hydrogen) atoms. The summed E-state index contributed by atoms with van der Waals surface area (Å²) in [5.41, 5.74) is 1.48. The molecule has 4 rings (SSSR count). The minimum atomic E-state index is -1.25. The fourth-order valence-electron chi connectivity index (χ4n) is 2.85. The second-order valence-corrected chi connectivity index (χ2v) is 7.34. The molecule has 0 bridgehead atoms. The number of ether oxygens (including phenoxy) is 1. The molecule has 9 heteroatoms. The molecule has 3 aromatic heterocycles. The zero-order valence-electron chi connectivity index (χ0n) is 14.6. The van der Waals surface area contributed by atoms with Gasteiger partial charge in [-0.3, -0.25) is 4.98 Å². The highest BCUT2D eigenvalue weighted by Gasteiger charge is 2.25. The monoisotopic (exact) mass is 416 g/mol. The van der Waals surface area contributed by atoms with Crippen molar-refractivity contribution in [3.05, 3.63) is 71.0 Å². The fraction of sp³-hybridized carbons (Fsp3) is 0.105. The van der Waals surface area contributed by atoms with Gasteiger partial charge in [0.25, 0.3) is 0 Å². The third-order valence-corrected chi connectivity index (χ3v) is 5.72. The van der Waals surface area contributed by atoms with E-state index in [4.69, 9.17) is 16.3 Å². The Morgan fingerprint density at radius 3 is 2.68 bits per heavy atom. The SMILES string of the molecule is COc1cc(C(O)c2cc(-c3ccncc3)sc2-c2nnc[nH]2)c(F)cc1Cl. The molecule has 1 unspecified atom stereocenters. The van der Waals surface area contributed by atoms with Gasteiger partial charge in [-0.25, -0.2) is 4.39 Å². The number of halogens is 2. The lowest BCUT2D eigenvalue weighted by atomic mass is 10.00. The lowest BCUT2D eigenvalue weighted by molar-refractivity contribution is 0.215. The summed E-state index contributed by atoms with van der Waals surface area (Å²) in [6, 6.07) is 8.05. The maximum absolute atomic E-state index is 14.6. The van der Waals surface area contributed by atoms with Gasteiger partial charge < -0.3 is 14.8 Å². The Bertz CT molecular complexity index is 1100. The molecule has 0 fully saturated rings. The molecule has 4 aromatic rings. The standard InChI is InChI=1S/C19H14ClFN4O2S/c1-27-15-6-11(14(21)8-13(15)20)17(26)12-7-16(10-2-4-22-5-3-10)28-18(12)19-23-9-24-25-19/h2-9,17,26H,1H3,(H,23,24,25). The molecule has 0 amide bonds. The number of aliphatic hydroxyl groups is 1. The van der Waals surface area contributed by atoms with Crippen LogP contribution in [0.4, 0.5) is 4.39 Å². The highest BCUT2D eigenvalue weighted by Crippen LogP contribution is 2.42. The van der Waals surface area contributed by atoms with Gasteiger partial charge in [0.15, 0.2) is 5.82 Å². The van der Waals surface area contributed by atoms with E-state index in [-0.39, 0.29) is 16.3 Å². The number of nitrogens with zero attached hydrogens (tertiary/aromatic N) is 3. The molecule has 0 aliphatic heterocycles. The van der Waals surface area contributed by atoms with Crippen LogP contribution in [-0.4, -0.2) is 32.4 Å². The summed E-state index contributed by atoms with van der Waals surface area (Å²) in [4.78, 5) is 8.50. The molecule has 1 aromatic carbocycles. The van der Waals surface area contributed by atoms with Gasteiger partial charge in [0.05, 0.1) is 17.0 Å². The molecular formula is C19H14ClFN4O2S. The first-order valence-electron chi connectivity index (χ1n) is 8.20. The number of rotatable bonds is 5. The van der Waals surface area contributed by atoms with Gasteiger partial charge in [-0.05, 0) is 35.9 Å². The van der Waals surface area contributed by atoms with Crippen LogP contribution < -0.4 is 4.74 Å². The first-order chi connectivity index (χ1) is 13.6. The van der Waals surface area contributed by atoms with Crippen molar-refractivity contribution in [2.24, 2.45) is 0 Å². The number of hydrogen-bond donors (Lipinski definition) is 2. The van der Waals surface area contributed by atoms with Gasteiger partial charge >= 0.3 is 0 Å². The second kappa shape index (κ2) is 7.67. The summed E-state index contributed by atoms with van der Waals surface area (Å²) >= 11 is 7.39. The lowest BCUT2D eigenvalue weighted by Gasteiger charge is -2.14. The first-order valence-corrected chi connectivity index (χ1v) is 9.39. The third kappa shape index (κ3) is 3.37. The highest BCUT2D eigenvalue weighted by atomic mass is 35.5. The summed E-state index contributed by atoms with van der Waals surface area (Å²) in [7, 11) is 1.43. The summed E-state index contributed by atoms with van der Waals surface area (Å²) in [6.07, 6.45) is 3.56. The van der Waals surface area contributed by atoms with Crippen LogP contribution in [0.25, 0.3) is 21.1 Å². The van der Waals surface area contributed by atoms with Crippen molar-refractivity contribution in [3.8, 4) is 26.9 Å². The average Bonchev–Trinajstić information content (AvgIpc) is 3.38. The predicted octanol–water partition coefficient (Wildman–Crippen LogP) is 4.48. The van der Waals surface area contributed by atoms with E-state index < -0.39 is 11.9 Å². The Kier molecular flexibility index (Phi) is 5.08. The molecule has 0 radical (unpaired) electrons. The van der Waals surface area contributed by atoms with E-state index in [9.17, 15) is 9.50 Å². The summed E-state index contributed by atoms with van der Waals surface area (Å²) < 4.78 is 19.7. The van der Waals surface area contributed by atoms with Gasteiger partial charge in [-0.2, -0.15) is 0 Å². The van der Waals surface area contributed by atoms with E-state index in [1.807, 2.05) is 18.2 Å². The van der Waals surface area contributed by atoms with E-state index >= 15 is 0 Å². The molecule has 142 valence electrons. The number of methoxy groups -OCH3 is 1. The fourth-order valence-corrected chi connectivity index (χ4v) is 4.22.